The lowest BCUT2D eigenvalue weighted by molar-refractivity contribution is -0.142. The fourth-order valence-corrected chi connectivity index (χ4v) is 5.07. The standard InChI is InChI=1S/C37H49N3O4/c1-6-8-9-16-25-40(35(42)32(26-29-17-12-10-13-18-29)39-36(43)44-37(3,4)5)33(31-23-21-28(7-2)22-24-31)34(41)38-27-30-19-14-11-15-20-30/h10-15,17-24,32-33H,6-9,16,25-27H2,1-5H3,(H,38,41)(H,39,43). The SMILES string of the molecule is CCCCCCN(C(=O)C(Cc1ccccc1)NC(=O)OC(C)(C)C)C(C(=O)NCc1ccccc1)c1ccc(CC)cc1. The molecule has 2 N–H and O–H groups in total. The van der Waals surface area contributed by atoms with Crippen LogP contribution in [-0.2, 0) is 33.7 Å². The van der Waals surface area contributed by atoms with Crippen LogP contribution in [0, 0.1) is 0 Å². The van der Waals surface area contributed by atoms with E-state index in [1.54, 1.807) is 25.7 Å². The second-order valence-corrected chi connectivity index (χ2v) is 12.2. The molecule has 0 saturated heterocycles. The minimum absolute atomic E-state index is 0.261. The van der Waals surface area contributed by atoms with E-state index in [1.165, 1.54) is 0 Å². The van der Waals surface area contributed by atoms with Crippen molar-refractivity contribution >= 4 is 17.9 Å². The maximum atomic E-state index is 14.6. The monoisotopic (exact) mass is 599 g/mol. The summed E-state index contributed by atoms with van der Waals surface area (Å²) in [6.45, 7) is 10.3. The first kappa shape index (κ1) is 34.4. The number of hydrogen-bond donors (Lipinski definition) is 2. The first-order valence-corrected chi connectivity index (χ1v) is 15.9. The van der Waals surface area contributed by atoms with Gasteiger partial charge in [-0.05, 0) is 55.9 Å². The molecule has 0 radical (unpaired) electrons. The highest BCUT2D eigenvalue weighted by Crippen LogP contribution is 2.25. The molecule has 0 aromatic heterocycles. The van der Waals surface area contributed by atoms with Crippen molar-refractivity contribution in [1.82, 2.24) is 15.5 Å². The number of benzene rings is 3. The fourth-order valence-electron chi connectivity index (χ4n) is 5.07. The number of hydrogen-bond acceptors (Lipinski definition) is 4. The van der Waals surface area contributed by atoms with Gasteiger partial charge >= 0.3 is 6.09 Å². The zero-order chi connectivity index (χ0) is 32.0. The summed E-state index contributed by atoms with van der Waals surface area (Å²) in [6.07, 6.45) is 4.19. The lowest BCUT2D eigenvalue weighted by Crippen LogP contribution is -2.54. The Morgan fingerprint density at radius 1 is 0.773 bits per heavy atom. The maximum absolute atomic E-state index is 14.6. The summed E-state index contributed by atoms with van der Waals surface area (Å²) in [4.78, 5) is 43.3. The minimum atomic E-state index is -0.933. The minimum Gasteiger partial charge on any atom is -0.444 e. The van der Waals surface area contributed by atoms with Gasteiger partial charge < -0.3 is 20.3 Å². The second-order valence-electron chi connectivity index (χ2n) is 12.2. The first-order valence-electron chi connectivity index (χ1n) is 15.9. The number of rotatable bonds is 15. The van der Waals surface area contributed by atoms with E-state index >= 15 is 0 Å². The lowest BCUT2D eigenvalue weighted by Gasteiger charge is -2.35. The van der Waals surface area contributed by atoms with Gasteiger partial charge in [-0.2, -0.15) is 0 Å². The average Bonchev–Trinajstić information content (AvgIpc) is 3.01. The van der Waals surface area contributed by atoms with Gasteiger partial charge in [-0.15, -0.1) is 0 Å². The van der Waals surface area contributed by atoms with Gasteiger partial charge in [0.25, 0.3) is 0 Å². The van der Waals surface area contributed by atoms with Crippen LogP contribution in [0.3, 0.4) is 0 Å². The third kappa shape index (κ3) is 11.2. The number of ether oxygens (including phenoxy) is 1. The van der Waals surface area contributed by atoms with Gasteiger partial charge in [-0.25, -0.2) is 4.79 Å². The molecule has 2 unspecified atom stereocenters. The van der Waals surface area contributed by atoms with Crippen molar-refractivity contribution in [2.45, 2.75) is 97.4 Å². The predicted octanol–water partition coefficient (Wildman–Crippen LogP) is 7.15. The van der Waals surface area contributed by atoms with E-state index in [9.17, 15) is 14.4 Å². The first-order chi connectivity index (χ1) is 21.1. The van der Waals surface area contributed by atoms with Crippen molar-refractivity contribution in [3.05, 3.63) is 107 Å². The van der Waals surface area contributed by atoms with E-state index in [4.69, 9.17) is 4.74 Å². The van der Waals surface area contributed by atoms with E-state index in [-0.39, 0.29) is 18.2 Å². The molecular weight excluding hydrogens is 550 g/mol. The molecule has 0 heterocycles. The highest BCUT2D eigenvalue weighted by atomic mass is 16.6. The molecule has 44 heavy (non-hydrogen) atoms. The van der Waals surface area contributed by atoms with Crippen molar-refractivity contribution in [2.75, 3.05) is 6.54 Å². The number of alkyl carbamates (subject to hydrolysis) is 1. The molecule has 0 aliphatic heterocycles. The summed E-state index contributed by atoms with van der Waals surface area (Å²) in [7, 11) is 0. The summed E-state index contributed by atoms with van der Waals surface area (Å²) in [6, 6.07) is 25.4. The second kappa shape index (κ2) is 17.2. The van der Waals surface area contributed by atoms with Crippen LogP contribution in [0.1, 0.15) is 88.6 Å². The van der Waals surface area contributed by atoms with Crippen molar-refractivity contribution < 1.29 is 19.1 Å². The maximum Gasteiger partial charge on any atom is 0.408 e. The lowest BCUT2D eigenvalue weighted by atomic mass is 9.98. The van der Waals surface area contributed by atoms with Gasteiger partial charge in [-0.3, -0.25) is 9.59 Å². The average molecular weight is 600 g/mol. The van der Waals surface area contributed by atoms with E-state index in [0.29, 0.717) is 13.1 Å². The number of amides is 3. The molecule has 2 atom stereocenters. The number of carbonyl (C=O) groups is 3. The van der Waals surface area contributed by atoms with Crippen LogP contribution >= 0.6 is 0 Å². The predicted molar refractivity (Wildman–Crippen MR) is 176 cm³/mol. The number of carbonyl (C=O) groups excluding carboxylic acids is 3. The Bertz CT molecular complexity index is 1300. The molecule has 7 heteroatoms. The fraction of sp³-hybridized carbons (Fsp3) is 0.432. The van der Waals surface area contributed by atoms with Crippen LogP contribution < -0.4 is 10.6 Å². The summed E-state index contributed by atoms with van der Waals surface area (Å²) in [5, 5.41) is 5.92. The number of nitrogens with zero attached hydrogens (tertiary/aromatic N) is 1. The number of unbranched alkanes of at least 4 members (excludes halogenated alkanes) is 3. The Morgan fingerprint density at radius 3 is 1.95 bits per heavy atom. The molecule has 236 valence electrons. The third-order valence-electron chi connectivity index (χ3n) is 7.38. The van der Waals surface area contributed by atoms with Gasteiger partial charge in [0.15, 0.2) is 0 Å². The molecule has 0 bridgehead atoms. The highest BCUT2D eigenvalue weighted by molar-refractivity contribution is 5.92. The van der Waals surface area contributed by atoms with Gasteiger partial charge in [0, 0.05) is 19.5 Å². The van der Waals surface area contributed by atoms with Crippen LogP contribution in [0.4, 0.5) is 4.79 Å². The zero-order valence-corrected chi connectivity index (χ0v) is 27.0. The van der Waals surface area contributed by atoms with Gasteiger partial charge in [0.2, 0.25) is 11.8 Å². The van der Waals surface area contributed by atoms with Gasteiger partial charge in [-0.1, -0.05) is 118 Å². The third-order valence-corrected chi connectivity index (χ3v) is 7.38. The molecular formula is C37H49N3O4. The summed E-state index contributed by atoms with van der Waals surface area (Å²) in [5.74, 6) is -0.590. The Labute approximate surface area is 263 Å². The molecule has 0 aliphatic carbocycles. The molecule has 0 spiro atoms. The van der Waals surface area contributed by atoms with Gasteiger partial charge in [0.05, 0.1) is 0 Å². The van der Waals surface area contributed by atoms with Crippen molar-refractivity contribution in [1.29, 1.82) is 0 Å². The smallest absolute Gasteiger partial charge is 0.408 e. The van der Waals surface area contributed by atoms with Gasteiger partial charge in [0.1, 0.15) is 17.7 Å². The molecule has 3 amide bonds. The number of nitrogens with one attached hydrogen (secondary N) is 2. The number of aryl methyl sites for hydroxylation is 1. The molecule has 3 aromatic rings. The summed E-state index contributed by atoms with van der Waals surface area (Å²) < 4.78 is 5.55. The largest absolute Gasteiger partial charge is 0.444 e. The van der Waals surface area contributed by atoms with E-state index in [0.717, 1.165) is 54.4 Å². The van der Waals surface area contributed by atoms with Crippen molar-refractivity contribution in [3.63, 3.8) is 0 Å². The van der Waals surface area contributed by atoms with Crippen LogP contribution in [0.5, 0.6) is 0 Å². The Hall–Kier alpha value is -4.13. The van der Waals surface area contributed by atoms with E-state index in [2.05, 4.69) is 24.5 Å². The van der Waals surface area contributed by atoms with Crippen molar-refractivity contribution in [3.8, 4) is 0 Å². The summed E-state index contributed by atoms with van der Waals surface area (Å²) in [5.41, 5.74) is 3.00. The topological polar surface area (TPSA) is 87.7 Å². The molecule has 7 nitrogen and oxygen atoms in total. The van der Waals surface area contributed by atoms with Crippen LogP contribution in [0.25, 0.3) is 0 Å². The molecule has 0 saturated carbocycles. The molecule has 0 fully saturated rings. The van der Waals surface area contributed by atoms with Crippen LogP contribution in [0.2, 0.25) is 0 Å². The highest BCUT2D eigenvalue weighted by Gasteiger charge is 2.36. The van der Waals surface area contributed by atoms with Crippen LogP contribution in [0.15, 0.2) is 84.9 Å². The molecule has 3 aromatic carbocycles. The normalized spacial score (nSPS) is 12.6. The Morgan fingerprint density at radius 2 is 1.39 bits per heavy atom. The van der Waals surface area contributed by atoms with Crippen molar-refractivity contribution in [2.24, 2.45) is 0 Å². The van der Waals surface area contributed by atoms with E-state index in [1.807, 2.05) is 84.9 Å². The quantitative estimate of drug-likeness (QED) is 0.182. The zero-order valence-electron chi connectivity index (χ0n) is 27.0. The molecule has 3 rings (SSSR count). The Balaban J connectivity index is 2.02. The summed E-state index contributed by atoms with van der Waals surface area (Å²) >= 11 is 0. The van der Waals surface area contributed by atoms with Crippen LogP contribution in [-0.4, -0.2) is 41.0 Å². The Kier molecular flexibility index (Phi) is 13.5. The molecule has 0 aliphatic rings. The van der Waals surface area contributed by atoms with E-state index < -0.39 is 23.8 Å².